The summed E-state index contributed by atoms with van der Waals surface area (Å²) in [5, 5.41) is 0. The molecule has 4 heteroatoms. The molecule has 700 valence electrons. The van der Waals surface area contributed by atoms with Gasteiger partial charge in [-0.05, 0) is 162 Å². The van der Waals surface area contributed by atoms with Crippen LogP contribution in [0.3, 0.4) is 0 Å². The van der Waals surface area contributed by atoms with Gasteiger partial charge >= 0.3 is 457 Å². The Morgan fingerprint density at radius 1 is 0.101 bits per heavy atom. The number of anilines is 6. The standard InChI is InChI=1S/C72H53GeN.C54H38N.3C6H5.Sn/c1-6-19-54(20-7-1)60-23-16-26-63(51-60)57-37-45-70(46-38-57)74(71-47-39-58(40-48-71)64-27-17-24-61(52-64)55-21-8-2-9-22-55)72-49-41-59(42-50-72)65-28-18-25-62(53-65)56-35-43-69(44-36-56)73(66-29-10-3-11-30-66,67-31-12-4-13-32-67)68-33-14-5-15-34-68;1-4-13-40(14-5-1)46-19-10-22-49(37-46)43-25-31-52(32-26-43)55(53-33-27-44(28-34-53)50-23-11-20-47(38-50)41-15-6-2-7-16-41)54-35-29-45(30-36-54)51-24-12-21-48(39-51)42-17-8-3-9-18-42;3*1-2-4-6-5-3-1;/h1-53H;1-2,4-39H;3*1-5H;. The van der Waals surface area contributed by atoms with E-state index >= 15 is 0 Å². The molecule has 0 spiro atoms. The molecule has 0 fully saturated rings. The summed E-state index contributed by atoms with van der Waals surface area (Å²) in [5.74, 6) is 0. The molecule has 24 aromatic carbocycles. The third-order valence-electron chi connectivity index (χ3n) is 28.9. The van der Waals surface area contributed by atoms with E-state index in [0.717, 1.165) is 34.1 Å². The second-order valence-electron chi connectivity index (χ2n) is 37.8. The maximum atomic E-state index is 2.41. The van der Waals surface area contributed by atoms with Gasteiger partial charge in [-0.15, -0.1) is 0 Å². The van der Waals surface area contributed by atoms with Crippen molar-refractivity contribution in [1.29, 1.82) is 0 Å². The molecule has 0 saturated carbocycles. The first-order valence-corrected chi connectivity index (χ1v) is 60.9. The summed E-state index contributed by atoms with van der Waals surface area (Å²) in [6.07, 6.45) is 0. The molecule has 24 rings (SSSR count). The molecule has 0 amide bonds. The van der Waals surface area contributed by atoms with Crippen molar-refractivity contribution >= 4 is 97.7 Å². The molecule has 0 heterocycles. The van der Waals surface area contributed by atoms with Crippen LogP contribution in [0.4, 0.5) is 34.1 Å². The van der Waals surface area contributed by atoms with Gasteiger partial charge in [0.2, 0.25) is 0 Å². The first-order valence-electron chi connectivity index (χ1n) is 50.9. The van der Waals surface area contributed by atoms with Gasteiger partial charge in [0, 0.05) is 22.7 Å². The quantitative estimate of drug-likeness (QED) is 0.0499. The largest absolute Gasteiger partial charge is 0.0617 e. The SMILES string of the molecule is c1ccc(-c2cccc(-c3ccc(N(c4ccc(-c5cccc(-c6ccccc6)c5)cc4)c4ccc(-c5cccc(-c6cc[c]([Ge]([c]7ccccc7)([c]7ccccc7)[c]7ccccc7)cc6)c5)cc4)cc3)c2)cc1.c1ccc(-c2cccc(-c3ccc(N(c4ccc(-c5cccc(-c6ccccc6)c5)cc4)c4ccc(-c5cccc(-c6cc[c]([Sn]([c]7ccccc7)([c]7ccccc7)[c]7ccccc7)cc6)c5)cc4)cc3)c2)cc1. The molecular weight excluding hydrogens is 1950 g/mol. The minimum Gasteiger partial charge on any atom is -0.0617 e. The minimum atomic E-state index is -3.71. The van der Waals surface area contributed by atoms with Crippen LogP contribution in [0.25, 0.3) is 134 Å². The van der Waals surface area contributed by atoms with E-state index in [1.807, 2.05) is 0 Å². The zero-order valence-electron chi connectivity index (χ0n) is 82.1. The van der Waals surface area contributed by atoms with Gasteiger partial charge in [0.15, 0.2) is 0 Å². The smallest absolute Gasteiger partial charge is 0.0374 e. The first-order chi connectivity index (χ1) is 73.3. The Labute approximate surface area is 876 Å². The summed E-state index contributed by atoms with van der Waals surface area (Å²) in [7, 11) is 0. The van der Waals surface area contributed by atoms with Crippen molar-refractivity contribution < 1.29 is 0 Å². The molecule has 0 unspecified atom stereocenters. The van der Waals surface area contributed by atoms with Crippen molar-refractivity contribution in [3.63, 3.8) is 0 Å². The molecular formula is C144H106GeN2Sn. The Balaban J connectivity index is 0.000000163. The Bertz CT molecular complexity index is 7600. The monoisotopic (exact) mass is 2060 g/mol. The number of benzene rings is 24. The maximum Gasteiger partial charge on any atom is -0.0374 e. The van der Waals surface area contributed by atoms with Gasteiger partial charge in [-0.1, -0.05) is 243 Å². The second-order valence-corrected chi connectivity index (χ2v) is 56.6. The summed E-state index contributed by atoms with van der Waals surface area (Å²) in [6.45, 7) is 0. The van der Waals surface area contributed by atoms with E-state index in [1.54, 1.807) is 0 Å². The molecule has 0 aliphatic heterocycles. The van der Waals surface area contributed by atoms with Gasteiger partial charge in [0.05, 0.1) is 0 Å². The van der Waals surface area contributed by atoms with E-state index in [2.05, 4.69) is 653 Å². The van der Waals surface area contributed by atoms with Crippen LogP contribution in [0.1, 0.15) is 0 Å². The zero-order valence-corrected chi connectivity index (χ0v) is 87.0. The molecule has 148 heavy (non-hydrogen) atoms. The Morgan fingerprint density at radius 3 is 0.412 bits per heavy atom. The molecule has 0 N–H and O–H groups in total. The van der Waals surface area contributed by atoms with Crippen molar-refractivity contribution in [2.75, 3.05) is 9.80 Å². The van der Waals surface area contributed by atoms with Crippen molar-refractivity contribution in [1.82, 2.24) is 0 Å². The van der Waals surface area contributed by atoms with E-state index in [0.29, 0.717) is 0 Å². The topological polar surface area (TPSA) is 6.48 Å². The van der Waals surface area contributed by atoms with Gasteiger partial charge in [-0.2, -0.15) is 0 Å². The summed E-state index contributed by atoms with van der Waals surface area (Å²) in [6, 6.07) is 236. The fourth-order valence-electron chi connectivity index (χ4n) is 21.5. The Morgan fingerprint density at radius 2 is 0.230 bits per heavy atom. The third-order valence-corrected chi connectivity index (χ3v) is 52.7. The van der Waals surface area contributed by atoms with Gasteiger partial charge in [-0.25, -0.2) is 0 Å². The summed E-state index contributed by atoms with van der Waals surface area (Å²) >= 11 is -7.07. The maximum absolute atomic E-state index is 3.71. The van der Waals surface area contributed by atoms with Crippen LogP contribution in [0.5, 0.6) is 0 Å². The zero-order chi connectivity index (χ0) is 99.0. The van der Waals surface area contributed by atoms with E-state index in [4.69, 9.17) is 0 Å². The average Bonchev–Trinajstić information content (AvgIpc) is 0.734. The van der Waals surface area contributed by atoms with Crippen molar-refractivity contribution in [2.24, 2.45) is 0 Å². The third kappa shape index (κ3) is 20.0. The number of hydrogen-bond donors (Lipinski definition) is 0. The van der Waals surface area contributed by atoms with Crippen LogP contribution < -0.4 is 41.7 Å². The van der Waals surface area contributed by atoms with E-state index in [1.165, 1.54) is 165 Å². The van der Waals surface area contributed by atoms with E-state index in [-0.39, 0.29) is 0 Å². The van der Waals surface area contributed by atoms with Crippen molar-refractivity contribution in [2.45, 2.75) is 0 Å². The van der Waals surface area contributed by atoms with Crippen LogP contribution in [-0.2, 0) is 0 Å². The molecule has 0 bridgehead atoms. The number of nitrogens with zero attached hydrogens (tertiary/aromatic N) is 2. The second kappa shape index (κ2) is 43.8. The van der Waals surface area contributed by atoms with Crippen LogP contribution in [0, 0.1) is 0 Å². The van der Waals surface area contributed by atoms with Crippen LogP contribution in [-0.4, -0.2) is 31.6 Å². The fourth-order valence-corrected chi connectivity index (χ4v) is 45.0. The van der Waals surface area contributed by atoms with Crippen LogP contribution >= 0.6 is 0 Å². The van der Waals surface area contributed by atoms with Gasteiger partial charge < -0.3 is 0 Å². The normalized spacial score (nSPS) is 11.2. The minimum absolute atomic E-state index is 1.09. The van der Waals surface area contributed by atoms with E-state index < -0.39 is 31.6 Å². The fraction of sp³-hybridized carbons (Fsp3) is 0. The van der Waals surface area contributed by atoms with Crippen molar-refractivity contribution in [3.8, 4) is 134 Å². The molecule has 0 aromatic heterocycles. The Hall–Kier alpha value is -17.8. The first kappa shape index (κ1) is 93.8. The molecule has 0 aliphatic carbocycles. The van der Waals surface area contributed by atoms with Gasteiger partial charge in [-0.3, -0.25) is 0 Å². The van der Waals surface area contributed by atoms with Gasteiger partial charge in [0.1, 0.15) is 0 Å². The number of rotatable bonds is 26. The summed E-state index contributed by atoms with van der Waals surface area (Å²) in [4.78, 5) is 4.72. The molecule has 0 radical (unpaired) electrons. The predicted molar refractivity (Wildman–Crippen MR) is 635 cm³/mol. The average molecular weight is 2060 g/mol. The summed E-state index contributed by atoms with van der Waals surface area (Å²) in [5.41, 5.74) is 35.2. The summed E-state index contributed by atoms with van der Waals surface area (Å²) < 4.78 is 11.4. The van der Waals surface area contributed by atoms with E-state index in [9.17, 15) is 0 Å². The number of hydrogen-bond acceptors (Lipinski definition) is 2. The molecule has 2 nitrogen and oxygen atoms in total. The van der Waals surface area contributed by atoms with Crippen LogP contribution in [0.2, 0.25) is 0 Å². The Kier molecular flexibility index (Phi) is 27.8. The molecule has 0 aliphatic rings. The van der Waals surface area contributed by atoms with Gasteiger partial charge in [0.25, 0.3) is 0 Å². The molecule has 0 saturated heterocycles. The molecule has 24 aromatic rings. The van der Waals surface area contributed by atoms with Crippen LogP contribution in [0.15, 0.2) is 643 Å². The molecule has 0 atom stereocenters. The predicted octanol–water partition coefficient (Wildman–Crippen LogP) is 33.1. The van der Waals surface area contributed by atoms with Crippen molar-refractivity contribution in [3.05, 3.63) is 643 Å².